The van der Waals surface area contributed by atoms with Crippen LogP contribution in [0.4, 0.5) is 0 Å². The third kappa shape index (κ3) is 2.45. The summed E-state index contributed by atoms with van der Waals surface area (Å²) in [4.78, 5) is 12.9. The van der Waals surface area contributed by atoms with Crippen LogP contribution in [-0.2, 0) is 4.79 Å². The molecule has 94 valence electrons. The minimum absolute atomic E-state index is 0.00255. The van der Waals surface area contributed by atoms with Crippen LogP contribution in [0.3, 0.4) is 0 Å². The van der Waals surface area contributed by atoms with Gasteiger partial charge in [0.05, 0.1) is 16.7 Å². The summed E-state index contributed by atoms with van der Waals surface area (Å²) >= 11 is 3.15. The zero-order valence-electron chi connectivity index (χ0n) is 10.3. The monoisotopic (exact) mass is 278 g/mol. The Hall–Kier alpha value is -1.25. The van der Waals surface area contributed by atoms with Crippen molar-refractivity contribution in [2.45, 2.75) is 26.2 Å². The average Bonchev–Trinajstić information content (AvgIpc) is 2.75. The van der Waals surface area contributed by atoms with Crippen molar-refractivity contribution in [1.29, 1.82) is 5.26 Å². The third-order valence-corrected chi connectivity index (χ3v) is 4.89. The lowest BCUT2D eigenvalue weighted by Gasteiger charge is -2.24. The van der Waals surface area contributed by atoms with Crippen LogP contribution in [0.2, 0.25) is 0 Å². The van der Waals surface area contributed by atoms with Crippen LogP contribution in [0.25, 0.3) is 0 Å². The zero-order chi connectivity index (χ0) is 13.1. The van der Waals surface area contributed by atoms with Crippen LogP contribution in [0.5, 0.6) is 0 Å². The van der Waals surface area contributed by atoms with Crippen LogP contribution in [-0.4, -0.2) is 11.7 Å². The first-order chi connectivity index (χ1) is 8.67. The van der Waals surface area contributed by atoms with Gasteiger partial charge in [0.2, 0.25) is 5.91 Å². The van der Waals surface area contributed by atoms with E-state index in [1.807, 2.05) is 25.3 Å². The summed E-state index contributed by atoms with van der Waals surface area (Å²) in [6.45, 7) is 4.04. The van der Waals surface area contributed by atoms with Crippen LogP contribution < -0.4 is 5.32 Å². The molecule has 0 spiro atoms. The number of amides is 1. The molecule has 18 heavy (non-hydrogen) atoms. The van der Waals surface area contributed by atoms with Gasteiger partial charge >= 0.3 is 0 Å². The molecule has 2 heterocycles. The fraction of sp³-hybridized carbons (Fsp3) is 0.385. The lowest BCUT2D eigenvalue weighted by molar-refractivity contribution is -0.120. The van der Waals surface area contributed by atoms with Gasteiger partial charge in [0.1, 0.15) is 0 Å². The second-order valence-electron chi connectivity index (χ2n) is 4.06. The Labute approximate surface area is 115 Å². The van der Waals surface area contributed by atoms with Gasteiger partial charge in [-0.1, -0.05) is 6.92 Å². The average molecular weight is 278 g/mol. The van der Waals surface area contributed by atoms with Crippen molar-refractivity contribution in [3.63, 3.8) is 0 Å². The molecule has 0 saturated heterocycles. The Morgan fingerprint density at radius 1 is 1.67 bits per heavy atom. The first-order valence-electron chi connectivity index (χ1n) is 5.78. The van der Waals surface area contributed by atoms with Gasteiger partial charge in [-0.05, 0) is 29.7 Å². The Balaban J connectivity index is 2.46. The number of hydrogen-bond donors (Lipinski definition) is 1. The van der Waals surface area contributed by atoms with Crippen molar-refractivity contribution in [3.8, 4) is 6.07 Å². The standard InChI is InChI=1S/C13H14N2OS2/c1-3-17-13-10(7-14)9(6-11(16)15-13)12-8(2)4-5-18-12/h4-5,9H,3,6H2,1-2H3,(H,15,16). The summed E-state index contributed by atoms with van der Waals surface area (Å²) in [5, 5.41) is 14.9. The van der Waals surface area contributed by atoms with E-state index < -0.39 is 0 Å². The number of aryl methyl sites for hydroxylation is 1. The molecule has 1 amide bonds. The van der Waals surface area contributed by atoms with Crippen molar-refractivity contribution >= 4 is 29.0 Å². The molecule has 1 aliphatic heterocycles. The number of nitrogens with one attached hydrogen (secondary N) is 1. The van der Waals surface area contributed by atoms with Gasteiger partial charge in [-0.2, -0.15) is 5.26 Å². The van der Waals surface area contributed by atoms with Crippen LogP contribution in [0.1, 0.15) is 29.7 Å². The molecule has 0 bridgehead atoms. The minimum Gasteiger partial charge on any atom is -0.320 e. The lowest BCUT2D eigenvalue weighted by Crippen LogP contribution is -2.30. The molecular weight excluding hydrogens is 264 g/mol. The number of rotatable bonds is 3. The van der Waals surface area contributed by atoms with Crippen molar-refractivity contribution in [3.05, 3.63) is 32.5 Å². The summed E-state index contributed by atoms with van der Waals surface area (Å²) in [6.07, 6.45) is 0.373. The summed E-state index contributed by atoms with van der Waals surface area (Å²) in [5.41, 5.74) is 1.86. The van der Waals surface area contributed by atoms with E-state index in [2.05, 4.69) is 11.4 Å². The number of nitriles is 1. The number of nitrogens with zero attached hydrogens (tertiary/aromatic N) is 1. The molecule has 0 aliphatic carbocycles. The van der Waals surface area contributed by atoms with Crippen LogP contribution in [0, 0.1) is 18.3 Å². The Kier molecular flexibility index (Phi) is 4.10. The highest BCUT2D eigenvalue weighted by atomic mass is 32.2. The number of allylic oxidation sites excluding steroid dienone is 1. The predicted octanol–water partition coefficient (Wildman–Crippen LogP) is 3.15. The number of hydrogen-bond acceptors (Lipinski definition) is 4. The molecule has 1 aliphatic rings. The highest BCUT2D eigenvalue weighted by Crippen LogP contribution is 2.39. The molecule has 2 rings (SSSR count). The van der Waals surface area contributed by atoms with E-state index in [1.165, 1.54) is 11.8 Å². The topological polar surface area (TPSA) is 52.9 Å². The quantitative estimate of drug-likeness (QED) is 0.924. The number of carbonyl (C=O) groups excluding carboxylic acids is 1. The van der Waals surface area contributed by atoms with Crippen molar-refractivity contribution in [2.75, 3.05) is 5.75 Å². The van der Waals surface area contributed by atoms with E-state index >= 15 is 0 Å². The van der Waals surface area contributed by atoms with Crippen molar-refractivity contribution < 1.29 is 4.79 Å². The molecule has 1 aromatic heterocycles. The summed E-state index contributed by atoms with van der Waals surface area (Å²) < 4.78 is 0. The predicted molar refractivity (Wildman–Crippen MR) is 75.3 cm³/mol. The third-order valence-electron chi connectivity index (χ3n) is 2.86. The molecule has 1 N–H and O–H groups in total. The molecule has 5 heteroatoms. The van der Waals surface area contributed by atoms with Gasteiger partial charge in [-0.3, -0.25) is 4.79 Å². The molecule has 0 saturated carbocycles. The summed E-state index contributed by atoms with van der Waals surface area (Å²) in [7, 11) is 0. The molecular formula is C13H14N2OS2. The summed E-state index contributed by atoms with van der Waals surface area (Å²) in [6, 6.07) is 4.31. The normalized spacial score (nSPS) is 19.6. The second kappa shape index (κ2) is 5.59. The smallest absolute Gasteiger partial charge is 0.225 e. The van der Waals surface area contributed by atoms with E-state index in [4.69, 9.17) is 0 Å². The number of thiophene rings is 1. The molecule has 0 fully saturated rings. The molecule has 1 unspecified atom stereocenters. The highest BCUT2D eigenvalue weighted by molar-refractivity contribution is 8.03. The number of carbonyl (C=O) groups is 1. The fourth-order valence-electron chi connectivity index (χ4n) is 2.04. The maximum atomic E-state index is 11.8. The van der Waals surface area contributed by atoms with Gasteiger partial charge < -0.3 is 5.32 Å². The Morgan fingerprint density at radius 3 is 3.00 bits per heavy atom. The minimum atomic E-state index is -0.0715. The van der Waals surface area contributed by atoms with Crippen LogP contribution in [0.15, 0.2) is 22.0 Å². The van der Waals surface area contributed by atoms with E-state index in [-0.39, 0.29) is 11.8 Å². The summed E-state index contributed by atoms with van der Waals surface area (Å²) in [5.74, 6) is 0.775. The molecule has 0 aromatic carbocycles. The van der Waals surface area contributed by atoms with Gasteiger partial charge in [0, 0.05) is 17.2 Å². The van der Waals surface area contributed by atoms with Gasteiger partial charge in [-0.25, -0.2) is 0 Å². The maximum absolute atomic E-state index is 11.8. The highest BCUT2D eigenvalue weighted by Gasteiger charge is 2.30. The molecule has 1 aromatic rings. The van der Waals surface area contributed by atoms with Crippen LogP contribution >= 0.6 is 23.1 Å². The van der Waals surface area contributed by atoms with Gasteiger partial charge in [0.15, 0.2) is 0 Å². The molecule has 1 atom stereocenters. The zero-order valence-corrected chi connectivity index (χ0v) is 12.0. The van der Waals surface area contributed by atoms with E-state index in [0.29, 0.717) is 12.0 Å². The first kappa shape index (κ1) is 13.2. The van der Waals surface area contributed by atoms with Gasteiger partial charge in [-0.15, -0.1) is 23.1 Å². The molecule has 0 radical (unpaired) electrons. The number of thioether (sulfide) groups is 1. The van der Waals surface area contributed by atoms with E-state index in [1.54, 1.807) is 11.3 Å². The fourth-order valence-corrected chi connectivity index (χ4v) is 3.90. The Bertz CT molecular complexity index is 539. The van der Waals surface area contributed by atoms with E-state index in [9.17, 15) is 10.1 Å². The molecule has 3 nitrogen and oxygen atoms in total. The van der Waals surface area contributed by atoms with Crippen molar-refractivity contribution in [1.82, 2.24) is 5.32 Å². The van der Waals surface area contributed by atoms with E-state index in [0.717, 1.165) is 21.2 Å². The Morgan fingerprint density at radius 2 is 2.44 bits per heavy atom. The SMILES string of the molecule is CCSC1=C(C#N)C(c2sccc2C)CC(=O)N1. The van der Waals surface area contributed by atoms with Crippen molar-refractivity contribution in [2.24, 2.45) is 0 Å². The first-order valence-corrected chi connectivity index (χ1v) is 7.64. The maximum Gasteiger partial charge on any atom is 0.225 e. The van der Waals surface area contributed by atoms with Gasteiger partial charge in [0.25, 0.3) is 0 Å². The largest absolute Gasteiger partial charge is 0.320 e. The second-order valence-corrected chi connectivity index (χ2v) is 6.28. The lowest BCUT2D eigenvalue weighted by atomic mass is 9.91.